The van der Waals surface area contributed by atoms with Crippen LogP contribution in [0.4, 0.5) is 0 Å². The van der Waals surface area contributed by atoms with Gasteiger partial charge in [-0.05, 0) is 19.3 Å². The average Bonchev–Trinajstić information content (AvgIpc) is 3.20. The highest BCUT2D eigenvalue weighted by molar-refractivity contribution is 5.80. The minimum atomic E-state index is -1.61. The number of carbonyl (C=O) groups is 1. The smallest absolute Gasteiger partial charge is 0.249 e. The van der Waals surface area contributed by atoms with Gasteiger partial charge in [-0.3, -0.25) is 4.79 Å². The molecule has 332 valence electrons. The third-order valence-corrected chi connectivity index (χ3v) is 11.5. The third-order valence-electron chi connectivity index (χ3n) is 11.5. The molecule has 10 nitrogen and oxygen atoms in total. The van der Waals surface area contributed by atoms with Crippen LogP contribution in [0.15, 0.2) is 12.2 Å². The van der Waals surface area contributed by atoms with Crippen molar-refractivity contribution < 1.29 is 44.9 Å². The minimum absolute atomic E-state index is 0.302. The lowest BCUT2D eigenvalue weighted by Gasteiger charge is -2.40. The first-order valence-electron chi connectivity index (χ1n) is 23.5. The van der Waals surface area contributed by atoms with Crippen LogP contribution < -0.4 is 5.32 Å². The molecule has 8 unspecified atom stereocenters. The Bertz CT molecular complexity index is 906. The zero-order valence-corrected chi connectivity index (χ0v) is 36.0. The summed E-state index contributed by atoms with van der Waals surface area (Å²) in [6.07, 6.45) is 31.6. The van der Waals surface area contributed by atoms with Crippen molar-refractivity contribution in [1.29, 1.82) is 0 Å². The van der Waals surface area contributed by atoms with E-state index in [1.807, 2.05) is 6.08 Å². The molecule has 1 heterocycles. The van der Waals surface area contributed by atoms with E-state index in [0.717, 1.165) is 44.9 Å². The summed E-state index contributed by atoms with van der Waals surface area (Å²) < 4.78 is 11.1. The van der Waals surface area contributed by atoms with Gasteiger partial charge in [0, 0.05) is 0 Å². The summed E-state index contributed by atoms with van der Waals surface area (Å²) in [6.45, 7) is 3.60. The molecule has 56 heavy (non-hydrogen) atoms. The maximum Gasteiger partial charge on any atom is 0.249 e. The van der Waals surface area contributed by atoms with Crippen LogP contribution in [0.3, 0.4) is 0 Å². The van der Waals surface area contributed by atoms with Crippen molar-refractivity contribution in [2.45, 2.75) is 262 Å². The number of carbonyl (C=O) groups excluding carboxylic acids is 1. The van der Waals surface area contributed by atoms with Crippen LogP contribution in [0.25, 0.3) is 0 Å². The van der Waals surface area contributed by atoms with Crippen LogP contribution in [0, 0.1) is 0 Å². The predicted molar refractivity (Wildman–Crippen MR) is 227 cm³/mol. The summed E-state index contributed by atoms with van der Waals surface area (Å²) in [6, 6.07) is -0.973. The van der Waals surface area contributed by atoms with Crippen LogP contribution in [0.5, 0.6) is 0 Å². The van der Waals surface area contributed by atoms with Crippen LogP contribution in [0.2, 0.25) is 0 Å². The molecular weight excluding hydrogens is 711 g/mol. The fraction of sp³-hybridized carbons (Fsp3) is 0.935. The highest BCUT2D eigenvalue weighted by Crippen LogP contribution is 2.23. The lowest BCUT2D eigenvalue weighted by atomic mass is 9.99. The lowest BCUT2D eigenvalue weighted by molar-refractivity contribution is -0.302. The molecule has 10 heteroatoms. The quantitative estimate of drug-likeness (QED) is 0.0238. The Kier molecular flexibility index (Phi) is 34.9. The number of amides is 1. The van der Waals surface area contributed by atoms with Crippen LogP contribution >= 0.6 is 0 Å². The van der Waals surface area contributed by atoms with Gasteiger partial charge in [0.1, 0.15) is 30.5 Å². The van der Waals surface area contributed by atoms with Gasteiger partial charge >= 0.3 is 0 Å². The van der Waals surface area contributed by atoms with Gasteiger partial charge in [0.15, 0.2) is 6.29 Å². The van der Waals surface area contributed by atoms with Gasteiger partial charge in [-0.1, -0.05) is 206 Å². The molecule has 0 spiro atoms. The minimum Gasteiger partial charge on any atom is -0.394 e. The van der Waals surface area contributed by atoms with E-state index in [9.17, 15) is 35.4 Å². The van der Waals surface area contributed by atoms with E-state index < -0.39 is 61.5 Å². The van der Waals surface area contributed by atoms with Crippen molar-refractivity contribution in [3.8, 4) is 0 Å². The molecular formula is C46H89NO9. The van der Waals surface area contributed by atoms with Crippen LogP contribution in [-0.2, 0) is 14.3 Å². The number of hydrogen-bond acceptors (Lipinski definition) is 9. The second-order valence-electron chi connectivity index (χ2n) is 16.7. The Morgan fingerprint density at radius 1 is 0.607 bits per heavy atom. The number of aliphatic hydroxyl groups excluding tert-OH is 6. The number of rotatable bonds is 39. The topological polar surface area (TPSA) is 169 Å². The molecule has 0 aliphatic carbocycles. The fourth-order valence-corrected chi connectivity index (χ4v) is 7.57. The maximum absolute atomic E-state index is 13.0. The number of allylic oxidation sites excluding steroid dienone is 1. The maximum atomic E-state index is 13.0. The van der Waals surface area contributed by atoms with Gasteiger partial charge < -0.3 is 45.4 Å². The average molecular weight is 800 g/mol. The molecule has 1 aliphatic heterocycles. The largest absolute Gasteiger partial charge is 0.394 e. The molecule has 0 bridgehead atoms. The Morgan fingerprint density at radius 2 is 1.02 bits per heavy atom. The van der Waals surface area contributed by atoms with Gasteiger partial charge in [0.25, 0.3) is 0 Å². The standard InChI is InChI=1S/C46H89NO9/c1-3-5-7-9-11-13-15-16-17-18-19-20-21-22-23-25-27-29-31-33-35-40(50)45(54)47-38(37-55-46-44(53)43(52)42(51)41(36-48)56-46)39(49)34-32-30-28-26-24-14-12-10-8-6-4-2/h32,34,38-44,46,48-53H,3-31,33,35-37H2,1-2H3,(H,47,54)/b34-32+. The molecule has 0 aromatic rings. The number of aliphatic hydroxyl groups is 6. The van der Waals surface area contributed by atoms with E-state index in [2.05, 4.69) is 19.2 Å². The molecule has 7 N–H and O–H groups in total. The molecule has 8 atom stereocenters. The van der Waals surface area contributed by atoms with E-state index in [-0.39, 0.29) is 6.61 Å². The van der Waals surface area contributed by atoms with Crippen molar-refractivity contribution in [3.05, 3.63) is 12.2 Å². The van der Waals surface area contributed by atoms with E-state index in [1.165, 1.54) is 148 Å². The summed E-state index contributed by atoms with van der Waals surface area (Å²) in [4.78, 5) is 13.0. The van der Waals surface area contributed by atoms with Gasteiger partial charge in [-0.25, -0.2) is 0 Å². The van der Waals surface area contributed by atoms with Crippen LogP contribution in [-0.4, -0.2) is 98.7 Å². The third kappa shape index (κ3) is 26.8. The molecule has 1 amide bonds. The monoisotopic (exact) mass is 800 g/mol. The molecule has 0 aromatic carbocycles. The van der Waals surface area contributed by atoms with Gasteiger partial charge in [0.2, 0.25) is 5.91 Å². The summed E-state index contributed by atoms with van der Waals surface area (Å²) in [5.74, 6) is -0.614. The summed E-state index contributed by atoms with van der Waals surface area (Å²) >= 11 is 0. The highest BCUT2D eigenvalue weighted by atomic mass is 16.7. The SMILES string of the molecule is CCCCCCCCCCC/C=C/C(O)C(COC1OC(CO)C(O)C(O)C1O)NC(=O)C(O)CCCCCCCCCCCCCCCCCCCCCC. The zero-order valence-electron chi connectivity index (χ0n) is 36.0. The van der Waals surface area contributed by atoms with Gasteiger partial charge in [-0.15, -0.1) is 0 Å². The van der Waals surface area contributed by atoms with Crippen LogP contribution in [0.1, 0.15) is 213 Å². The zero-order chi connectivity index (χ0) is 41.1. The predicted octanol–water partition coefficient (Wildman–Crippen LogP) is 8.70. The highest BCUT2D eigenvalue weighted by Gasteiger charge is 2.44. The summed E-state index contributed by atoms with van der Waals surface area (Å²) in [5, 5.41) is 64.6. The van der Waals surface area contributed by atoms with E-state index in [1.54, 1.807) is 6.08 Å². The van der Waals surface area contributed by atoms with Crippen molar-refractivity contribution in [2.75, 3.05) is 13.2 Å². The first kappa shape index (κ1) is 52.9. The van der Waals surface area contributed by atoms with E-state index in [0.29, 0.717) is 6.42 Å². The van der Waals surface area contributed by atoms with Crippen molar-refractivity contribution >= 4 is 5.91 Å². The number of unbranched alkanes of at least 4 members (excludes halogenated alkanes) is 28. The molecule has 0 aromatic heterocycles. The number of hydrogen-bond donors (Lipinski definition) is 7. The second kappa shape index (κ2) is 36.9. The Balaban J connectivity index is 2.34. The Hall–Kier alpha value is -1.11. The molecule has 1 saturated heterocycles. The lowest BCUT2D eigenvalue weighted by Crippen LogP contribution is -2.60. The normalized spacial score (nSPS) is 21.8. The van der Waals surface area contributed by atoms with Crippen molar-refractivity contribution in [2.24, 2.45) is 0 Å². The Morgan fingerprint density at radius 3 is 1.45 bits per heavy atom. The fourth-order valence-electron chi connectivity index (χ4n) is 7.57. The molecule has 1 fully saturated rings. The molecule has 0 saturated carbocycles. The van der Waals surface area contributed by atoms with E-state index >= 15 is 0 Å². The van der Waals surface area contributed by atoms with Crippen molar-refractivity contribution in [3.63, 3.8) is 0 Å². The van der Waals surface area contributed by atoms with E-state index in [4.69, 9.17) is 9.47 Å². The summed E-state index contributed by atoms with van der Waals surface area (Å²) in [5.41, 5.74) is 0. The van der Waals surface area contributed by atoms with Gasteiger partial charge in [0.05, 0.1) is 25.4 Å². The molecule has 1 rings (SSSR count). The Labute approximate surface area is 342 Å². The summed E-state index contributed by atoms with van der Waals surface area (Å²) in [7, 11) is 0. The molecule has 1 aliphatic rings. The number of ether oxygens (including phenoxy) is 2. The van der Waals surface area contributed by atoms with Crippen molar-refractivity contribution in [1.82, 2.24) is 5.32 Å². The second-order valence-corrected chi connectivity index (χ2v) is 16.7. The first-order valence-corrected chi connectivity index (χ1v) is 23.5. The first-order chi connectivity index (χ1) is 27.3. The van der Waals surface area contributed by atoms with Gasteiger partial charge in [-0.2, -0.15) is 0 Å². The number of nitrogens with one attached hydrogen (secondary N) is 1. The molecule has 0 radical (unpaired) electrons.